The number of oxazole rings is 1. The molecule has 6 heteroatoms. The summed E-state index contributed by atoms with van der Waals surface area (Å²) >= 11 is 0. The third-order valence-electron chi connectivity index (χ3n) is 1.26. The highest BCUT2D eigenvalue weighted by molar-refractivity contribution is 6.31. The minimum atomic E-state index is -1.52. The number of carbonyl (C=O) groups is 2. The fourth-order valence-corrected chi connectivity index (χ4v) is 0.715. The van der Waals surface area contributed by atoms with Crippen LogP contribution in [0.2, 0.25) is 0 Å². The van der Waals surface area contributed by atoms with E-state index in [1.807, 2.05) is 0 Å². The largest absolute Gasteiger partial charge is 0.474 e. The molecule has 1 heterocycles. The van der Waals surface area contributed by atoms with Gasteiger partial charge in [0.2, 0.25) is 5.89 Å². The van der Waals surface area contributed by atoms with E-state index in [0.29, 0.717) is 5.76 Å². The van der Waals surface area contributed by atoms with Crippen molar-refractivity contribution in [3.05, 3.63) is 17.8 Å². The minimum Gasteiger partial charge on any atom is -0.474 e. The molecule has 0 bridgehead atoms. The van der Waals surface area contributed by atoms with Gasteiger partial charge in [-0.3, -0.25) is 4.79 Å². The van der Waals surface area contributed by atoms with E-state index in [1.165, 1.54) is 6.20 Å². The first-order chi connectivity index (χ1) is 6.09. The van der Waals surface area contributed by atoms with Gasteiger partial charge in [-0.2, -0.15) is 0 Å². The van der Waals surface area contributed by atoms with Gasteiger partial charge in [-0.25, -0.2) is 9.78 Å². The summed E-state index contributed by atoms with van der Waals surface area (Å²) in [7, 11) is 0. The highest BCUT2D eigenvalue weighted by Gasteiger charge is 2.11. The molecule has 1 amide bonds. The van der Waals surface area contributed by atoms with Crippen molar-refractivity contribution in [1.82, 2.24) is 10.3 Å². The van der Waals surface area contributed by atoms with E-state index in [1.54, 1.807) is 6.92 Å². The number of aliphatic carboxylic acids is 1. The van der Waals surface area contributed by atoms with E-state index in [2.05, 4.69) is 10.3 Å². The molecule has 70 valence electrons. The molecule has 0 aliphatic carbocycles. The van der Waals surface area contributed by atoms with Gasteiger partial charge < -0.3 is 14.8 Å². The van der Waals surface area contributed by atoms with Crippen LogP contribution >= 0.6 is 0 Å². The van der Waals surface area contributed by atoms with Crippen LogP contribution in [0, 0.1) is 6.92 Å². The predicted octanol–water partition coefficient (Wildman–Crippen LogP) is -0.316. The second-order valence-corrected chi connectivity index (χ2v) is 2.35. The molecule has 0 aliphatic heterocycles. The topological polar surface area (TPSA) is 92.4 Å². The molecule has 0 saturated heterocycles. The Morgan fingerprint density at radius 2 is 2.38 bits per heavy atom. The summed E-state index contributed by atoms with van der Waals surface area (Å²) in [6, 6.07) is 0. The molecule has 0 fully saturated rings. The lowest BCUT2D eigenvalue weighted by molar-refractivity contribution is -0.150. The van der Waals surface area contributed by atoms with Crippen molar-refractivity contribution >= 4 is 11.9 Å². The summed E-state index contributed by atoms with van der Waals surface area (Å²) in [4.78, 5) is 24.4. The fourth-order valence-electron chi connectivity index (χ4n) is 0.715. The molecule has 0 saturated carbocycles. The third-order valence-corrected chi connectivity index (χ3v) is 1.26. The van der Waals surface area contributed by atoms with Crippen LogP contribution in [0.3, 0.4) is 0 Å². The van der Waals surface area contributed by atoms with Crippen LogP contribution in [0.25, 0.3) is 0 Å². The summed E-state index contributed by atoms with van der Waals surface area (Å²) in [5.74, 6) is -1.70. The smallest absolute Gasteiger partial charge is 0.394 e. The summed E-state index contributed by atoms with van der Waals surface area (Å²) in [5, 5.41) is 10.3. The Balaban J connectivity index is 2.44. The lowest BCUT2D eigenvalue weighted by Gasteiger charge is -1.96. The van der Waals surface area contributed by atoms with E-state index in [4.69, 9.17) is 9.52 Å². The number of hydrogen-bond donors (Lipinski definition) is 2. The predicted molar refractivity (Wildman–Crippen MR) is 40.7 cm³/mol. The molecule has 13 heavy (non-hydrogen) atoms. The molecule has 0 spiro atoms. The molecule has 2 N–H and O–H groups in total. The zero-order valence-electron chi connectivity index (χ0n) is 6.90. The molecule has 1 aromatic heterocycles. The molecular weight excluding hydrogens is 176 g/mol. The lowest BCUT2D eigenvalue weighted by Crippen LogP contribution is -2.30. The Morgan fingerprint density at radius 1 is 1.69 bits per heavy atom. The molecular formula is C7H8N2O4. The Labute approximate surface area is 73.6 Å². The first-order valence-corrected chi connectivity index (χ1v) is 3.52. The number of carboxylic acids is 1. The van der Waals surface area contributed by atoms with Gasteiger partial charge in [-0.05, 0) is 6.92 Å². The summed E-state index contributed by atoms with van der Waals surface area (Å²) in [6.07, 6.45) is 1.49. The van der Waals surface area contributed by atoms with Crippen molar-refractivity contribution in [2.45, 2.75) is 13.5 Å². The fraction of sp³-hybridized carbons (Fsp3) is 0.286. The van der Waals surface area contributed by atoms with E-state index in [-0.39, 0.29) is 12.4 Å². The van der Waals surface area contributed by atoms with Crippen molar-refractivity contribution in [2.24, 2.45) is 0 Å². The first-order valence-electron chi connectivity index (χ1n) is 3.52. The van der Waals surface area contributed by atoms with Crippen molar-refractivity contribution < 1.29 is 19.1 Å². The molecule has 1 rings (SSSR count). The van der Waals surface area contributed by atoms with Crippen molar-refractivity contribution in [1.29, 1.82) is 0 Å². The molecule has 1 aromatic rings. The number of carbonyl (C=O) groups excluding carboxylic acids is 1. The SMILES string of the molecule is Cc1cnc(CNC(=O)C(=O)O)o1. The molecule has 0 aliphatic rings. The average molecular weight is 184 g/mol. The van der Waals surface area contributed by atoms with E-state index >= 15 is 0 Å². The molecule has 0 atom stereocenters. The number of nitrogens with zero attached hydrogens (tertiary/aromatic N) is 1. The van der Waals surface area contributed by atoms with E-state index < -0.39 is 11.9 Å². The van der Waals surface area contributed by atoms with Crippen LogP contribution in [0.1, 0.15) is 11.7 Å². The Hall–Kier alpha value is -1.85. The van der Waals surface area contributed by atoms with Crippen molar-refractivity contribution in [2.75, 3.05) is 0 Å². The summed E-state index contributed by atoms with van der Waals surface area (Å²) < 4.78 is 4.99. The minimum absolute atomic E-state index is 0.0149. The van der Waals surface area contributed by atoms with Crippen LogP contribution in [-0.4, -0.2) is 22.0 Å². The van der Waals surface area contributed by atoms with Crippen LogP contribution in [0.15, 0.2) is 10.6 Å². The van der Waals surface area contributed by atoms with Crippen LogP contribution in [-0.2, 0) is 16.1 Å². The van der Waals surface area contributed by atoms with Crippen LogP contribution in [0.5, 0.6) is 0 Å². The van der Waals surface area contributed by atoms with Gasteiger partial charge in [0.05, 0.1) is 12.7 Å². The first kappa shape index (κ1) is 9.24. The number of nitrogens with one attached hydrogen (secondary N) is 1. The number of rotatable bonds is 2. The normalized spacial score (nSPS) is 9.62. The number of aryl methyl sites for hydroxylation is 1. The molecule has 6 nitrogen and oxygen atoms in total. The maximum Gasteiger partial charge on any atom is 0.394 e. The van der Waals surface area contributed by atoms with Crippen LogP contribution in [0.4, 0.5) is 0 Å². The Bertz CT molecular complexity index is 331. The number of aromatic nitrogens is 1. The van der Waals surface area contributed by atoms with Gasteiger partial charge in [0.15, 0.2) is 0 Å². The highest BCUT2D eigenvalue weighted by Crippen LogP contribution is 2.00. The number of hydrogen-bond acceptors (Lipinski definition) is 4. The maximum absolute atomic E-state index is 10.5. The third kappa shape index (κ3) is 2.58. The quantitative estimate of drug-likeness (QED) is 0.614. The second kappa shape index (κ2) is 3.70. The Kier molecular flexibility index (Phi) is 2.63. The zero-order chi connectivity index (χ0) is 9.84. The monoisotopic (exact) mass is 184 g/mol. The lowest BCUT2D eigenvalue weighted by atomic mass is 10.5. The average Bonchev–Trinajstić information content (AvgIpc) is 2.47. The van der Waals surface area contributed by atoms with Gasteiger partial charge in [-0.1, -0.05) is 0 Å². The molecule has 0 unspecified atom stereocenters. The highest BCUT2D eigenvalue weighted by atomic mass is 16.4. The van der Waals surface area contributed by atoms with Crippen LogP contribution < -0.4 is 5.32 Å². The molecule has 0 aromatic carbocycles. The van der Waals surface area contributed by atoms with Crippen molar-refractivity contribution in [3.8, 4) is 0 Å². The molecule has 0 radical (unpaired) electrons. The Morgan fingerprint density at radius 3 is 2.85 bits per heavy atom. The van der Waals surface area contributed by atoms with Crippen molar-refractivity contribution in [3.63, 3.8) is 0 Å². The standard InChI is InChI=1S/C7H8N2O4/c1-4-2-8-5(13-4)3-9-6(10)7(11)12/h2H,3H2,1H3,(H,9,10)(H,11,12). The van der Waals surface area contributed by atoms with Gasteiger partial charge in [-0.15, -0.1) is 0 Å². The summed E-state index contributed by atoms with van der Waals surface area (Å²) in [5.41, 5.74) is 0. The maximum atomic E-state index is 10.5. The second-order valence-electron chi connectivity index (χ2n) is 2.35. The number of carboxylic acid groups (broad SMARTS) is 1. The van der Waals surface area contributed by atoms with E-state index in [9.17, 15) is 9.59 Å². The number of amides is 1. The van der Waals surface area contributed by atoms with E-state index in [0.717, 1.165) is 0 Å². The van der Waals surface area contributed by atoms with Gasteiger partial charge in [0.1, 0.15) is 5.76 Å². The van der Waals surface area contributed by atoms with Gasteiger partial charge >= 0.3 is 11.9 Å². The van der Waals surface area contributed by atoms with Gasteiger partial charge in [0.25, 0.3) is 0 Å². The zero-order valence-corrected chi connectivity index (χ0v) is 6.90. The summed E-state index contributed by atoms with van der Waals surface area (Å²) in [6.45, 7) is 1.69. The van der Waals surface area contributed by atoms with Gasteiger partial charge in [0, 0.05) is 0 Å².